The lowest BCUT2D eigenvalue weighted by Crippen LogP contribution is -2.41. The molecule has 5 heteroatoms. The monoisotopic (exact) mass is 263 g/mol. The fraction of sp³-hybridized carbons (Fsp3) is 0.571. The molecule has 5 nitrogen and oxygen atoms in total. The maximum absolute atomic E-state index is 12.0. The van der Waals surface area contributed by atoms with Gasteiger partial charge in [0.25, 0.3) is 0 Å². The van der Waals surface area contributed by atoms with E-state index >= 15 is 0 Å². The normalized spacial score (nSPS) is 18.1. The summed E-state index contributed by atoms with van der Waals surface area (Å²) >= 11 is 0. The van der Waals surface area contributed by atoms with Crippen LogP contribution in [0.1, 0.15) is 31.2 Å². The lowest BCUT2D eigenvalue weighted by molar-refractivity contribution is -0.127. The highest BCUT2D eigenvalue weighted by Gasteiger charge is 2.32. The minimum absolute atomic E-state index is 0.0934. The van der Waals surface area contributed by atoms with Gasteiger partial charge in [-0.2, -0.15) is 5.10 Å². The molecule has 1 fully saturated rings. The zero-order valence-electron chi connectivity index (χ0n) is 11.5. The molecule has 19 heavy (non-hydrogen) atoms. The summed E-state index contributed by atoms with van der Waals surface area (Å²) in [5, 5.41) is 14.3. The molecule has 1 aromatic rings. The van der Waals surface area contributed by atoms with Gasteiger partial charge in [0.15, 0.2) is 0 Å². The van der Waals surface area contributed by atoms with Crippen LogP contribution in [0.5, 0.6) is 0 Å². The second-order valence-electron chi connectivity index (χ2n) is 5.41. The van der Waals surface area contributed by atoms with Crippen molar-refractivity contribution in [1.29, 1.82) is 0 Å². The van der Waals surface area contributed by atoms with Crippen LogP contribution >= 0.6 is 0 Å². The number of carbonyl (C=O) groups is 1. The number of hydrogen-bond acceptors (Lipinski definition) is 3. The highest BCUT2D eigenvalue weighted by atomic mass is 16.3. The third kappa shape index (κ3) is 3.67. The van der Waals surface area contributed by atoms with Gasteiger partial charge in [-0.05, 0) is 18.9 Å². The Labute approximate surface area is 113 Å². The van der Waals surface area contributed by atoms with Gasteiger partial charge in [0.05, 0.1) is 11.8 Å². The van der Waals surface area contributed by atoms with Gasteiger partial charge in [-0.3, -0.25) is 9.48 Å². The first kappa shape index (κ1) is 13.8. The fourth-order valence-corrected chi connectivity index (χ4v) is 2.53. The molecule has 1 amide bonds. The first-order valence-corrected chi connectivity index (χ1v) is 6.63. The number of carbonyl (C=O) groups excluding carboxylic acids is 1. The van der Waals surface area contributed by atoms with Crippen molar-refractivity contribution in [2.24, 2.45) is 7.05 Å². The average molecular weight is 263 g/mol. The van der Waals surface area contributed by atoms with Gasteiger partial charge in [0.1, 0.15) is 0 Å². The van der Waals surface area contributed by atoms with Gasteiger partial charge in [-0.1, -0.05) is 12.8 Å². The van der Waals surface area contributed by atoms with Gasteiger partial charge in [0, 0.05) is 38.5 Å². The summed E-state index contributed by atoms with van der Waals surface area (Å²) in [5.41, 5.74) is 0.204. The van der Waals surface area contributed by atoms with E-state index < -0.39 is 5.60 Å². The van der Waals surface area contributed by atoms with E-state index in [1.165, 1.54) is 6.08 Å². The Balaban J connectivity index is 1.90. The van der Waals surface area contributed by atoms with Crippen LogP contribution in [0.2, 0.25) is 0 Å². The summed E-state index contributed by atoms with van der Waals surface area (Å²) in [6.45, 7) is 0.406. The van der Waals surface area contributed by atoms with Crippen LogP contribution in [0, 0.1) is 0 Å². The van der Waals surface area contributed by atoms with E-state index in [9.17, 15) is 9.90 Å². The van der Waals surface area contributed by atoms with E-state index in [2.05, 4.69) is 5.10 Å². The van der Waals surface area contributed by atoms with Crippen LogP contribution < -0.4 is 0 Å². The highest BCUT2D eigenvalue weighted by molar-refractivity contribution is 5.91. The van der Waals surface area contributed by atoms with Gasteiger partial charge in [-0.25, -0.2) is 0 Å². The van der Waals surface area contributed by atoms with Crippen molar-refractivity contribution in [1.82, 2.24) is 14.7 Å². The molecule has 1 N–H and O–H groups in total. The Morgan fingerprint density at radius 3 is 2.84 bits per heavy atom. The topological polar surface area (TPSA) is 58.4 Å². The predicted molar refractivity (Wildman–Crippen MR) is 73.3 cm³/mol. The van der Waals surface area contributed by atoms with Gasteiger partial charge >= 0.3 is 0 Å². The smallest absolute Gasteiger partial charge is 0.246 e. The third-order valence-electron chi connectivity index (χ3n) is 3.59. The summed E-state index contributed by atoms with van der Waals surface area (Å²) in [7, 11) is 3.56. The van der Waals surface area contributed by atoms with Crippen molar-refractivity contribution in [3.8, 4) is 0 Å². The number of likely N-dealkylation sites (N-methyl/N-ethyl adjacent to an activating group) is 1. The molecule has 2 rings (SSSR count). The first-order valence-electron chi connectivity index (χ1n) is 6.63. The minimum atomic E-state index is -0.688. The maximum atomic E-state index is 12.0. The van der Waals surface area contributed by atoms with Crippen LogP contribution in [0.3, 0.4) is 0 Å². The number of hydrogen-bond donors (Lipinski definition) is 1. The molecule has 0 spiro atoms. The molecule has 0 radical (unpaired) electrons. The number of aromatic nitrogens is 2. The molecule has 1 aromatic heterocycles. The minimum Gasteiger partial charge on any atom is -0.388 e. The summed E-state index contributed by atoms with van der Waals surface area (Å²) in [4.78, 5) is 13.5. The number of nitrogens with zero attached hydrogens (tertiary/aromatic N) is 3. The number of aliphatic hydroxyl groups is 1. The van der Waals surface area contributed by atoms with Crippen LogP contribution in [0.25, 0.3) is 6.08 Å². The SMILES string of the molecule is CN(CC1(O)CCCC1)C(=O)/C=C/c1cnn(C)c1. The molecule has 0 bridgehead atoms. The highest BCUT2D eigenvalue weighted by Crippen LogP contribution is 2.29. The molecule has 0 atom stereocenters. The van der Waals surface area contributed by atoms with E-state index in [0.717, 1.165) is 31.2 Å². The van der Waals surface area contributed by atoms with Crippen molar-refractivity contribution in [2.45, 2.75) is 31.3 Å². The average Bonchev–Trinajstić information content (AvgIpc) is 2.95. The molecule has 1 aliphatic carbocycles. The molecule has 0 unspecified atom stereocenters. The van der Waals surface area contributed by atoms with Gasteiger partial charge in [0.2, 0.25) is 5.91 Å². The van der Waals surface area contributed by atoms with Crippen LogP contribution in [0.4, 0.5) is 0 Å². The summed E-state index contributed by atoms with van der Waals surface area (Å²) in [5.74, 6) is -0.0934. The summed E-state index contributed by atoms with van der Waals surface area (Å²) < 4.78 is 1.69. The van der Waals surface area contributed by atoms with Crippen molar-refractivity contribution in [3.63, 3.8) is 0 Å². The standard InChI is InChI=1S/C14H21N3O2/c1-16(11-14(19)7-3-4-8-14)13(18)6-5-12-9-15-17(2)10-12/h5-6,9-10,19H,3-4,7-8,11H2,1-2H3/b6-5+. The van der Waals surface area contributed by atoms with E-state index in [4.69, 9.17) is 0 Å². The van der Waals surface area contributed by atoms with Crippen molar-refractivity contribution >= 4 is 12.0 Å². The largest absolute Gasteiger partial charge is 0.388 e. The van der Waals surface area contributed by atoms with Gasteiger partial charge in [-0.15, -0.1) is 0 Å². The van der Waals surface area contributed by atoms with Crippen molar-refractivity contribution < 1.29 is 9.90 Å². The number of amides is 1. The van der Waals surface area contributed by atoms with Crippen LogP contribution in [-0.4, -0.2) is 44.9 Å². The Kier molecular flexibility index (Phi) is 4.04. The fourth-order valence-electron chi connectivity index (χ4n) is 2.53. The second-order valence-corrected chi connectivity index (χ2v) is 5.41. The molecule has 1 aliphatic rings. The molecular weight excluding hydrogens is 242 g/mol. The Morgan fingerprint density at radius 2 is 2.26 bits per heavy atom. The zero-order chi connectivity index (χ0) is 13.9. The van der Waals surface area contributed by atoms with E-state index in [1.54, 1.807) is 28.9 Å². The predicted octanol–water partition coefficient (Wildman–Crippen LogP) is 1.20. The number of rotatable bonds is 4. The first-order chi connectivity index (χ1) is 8.98. The zero-order valence-corrected chi connectivity index (χ0v) is 11.5. The van der Waals surface area contributed by atoms with E-state index in [1.807, 2.05) is 13.2 Å². The number of aryl methyl sites for hydroxylation is 1. The summed E-state index contributed by atoms with van der Waals surface area (Å²) in [6.07, 6.45) is 10.5. The Bertz CT molecular complexity index is 473. The molecule has 0 aliphatic heterocycles. The summed E-state index contributed by atoms with van der Waals surface area (Å²) in [6, 6.07) is 0. The van der Waals surface area contributed by atoms with Crippen LogP contribution in [-0.2, 0) is 11.8 Å². The second kappa shape index (κ2) is 5.57. The molecule has 0 saturated heterocycles. The van der Waals surface area contributed by atoms with E-state index in [0.29, 0.717) is 6.54 Å². The van der Waals surface area contributed by atoms with Crippen molar-refractivity contribution in [2.75, 3.05) is 13.6 Å². The Morgan fingerprint density at radius 1 is 1.58 bits per heavy atom. The quantitative estimate of drug-likeness (QED) is 0.830. The molecule has 0 aromatic carbocycles. The molecular formula is C14H21N3O2. The molecule has 1 saturated carbocycles. The molecule has 1 heterocycles. The Hall–Kier alpha value is -1.62. The van der Waals surface area contributed by atoms with Crippen molar-refractivity contribution in [3.05, 3.63) is 24.0 Å². The lowest BCUT2D eigenvalue weighted by Gasteiger charge is -2.27. The van der Waals surface area contributed by atoms with Gasteiger partial charge < -0.3 is 10.0 Å². The third-order valence-corrected chi connectivity index (χ3v) is 3.59. The van der Waals surface area contributed by atoms with Crippen LogP contribution in [0.15, 0.2) is 18.5 Å². The van der Waals surface area contributed by atoms with E-state index in [-0.39, 0.29) is 5.91 Å². The maximum Gasteiger partial charge on any atom is 0.246 e. The lowest BCUT2D eigenvalue weighted by atomic mass is 10.0. The molecule has 104 valence electrons.